The van der Waals surface area contributed by atoms with Gasteiger partial charge >= 0.3 is 0 Å². The Morgan fingerprint density at radius 3 is 2.53 bits per heavy atom. The van der Waals surface area contributed by atoms with Crippen LogP contribution < -0.4 is 4.74 Å². The van der Waals surface area contributed by atoms with Crippen LogP contribution in [0.5, 0.6) is 5.75 Å². The Bertz CT molecular complexity index is 608. The van der Waals surface area contributed by atoms with E-state index in [1.54, 1.807) is 19.2 Å². The number of ether oxygens (including phenoxy) is 1. The molecule has 0 heterocycles. The summed E-state index contributed by atoms with van der Waals surface area (Å²) in [5.74, 6) is 0.478. The van der Waals surface area contributed by atoms with E-state index in [1.807, 2.05) is 26.0 Å². The average Bonchev–Trinajstić information content (AvgIpc) is 2.41. The van der Waals surface area contributed by atoms with Crippen molar-refractivity contribution in [1.29, 1.82) is 0 Å². The number of benzene rings is 2. The zero-order valence-corrected chi connectivity index (χ0v) is 12.0. The SMILES string of the molecule is CCc1cc(F)c(-c2ccc(Cl)c(C)c2)cc1OC. The van der Waals surface area contributed by atoms with Gasteiger partial charge in [0.25, 0.3) is 0 Å². The minimum atomic E-state index is -0.237. The fourth-order valence-corrected chi connectivity index (χ4v) is 2.21. The fourth-order valence-electron chi connectivity index (χ4n) is 2.09. The van der Waals surface area contributed by atoms with E-state index in [0.717, 1.165) is 23.1 Å². The lowest BCUT2D eigenvalue weighted by atomic mass is 10.00. The van der Waals surface area contributed by atoms with Crippen molar-refractivity contribution in [3.05, 3.63) is 52.3 Å². The molecular formula is C16H16ClFO. The van der Waals surface area contributed by atoms with Crippen LogP contribution in [0.3, 0.4) is 0 Å². The summed E-state index contributed by atoms with van der Waals surface area (Å²) in [6.07, 6.45) is 0.736. The van der Waals surface area contributed by atoms with Crippen molar-refractivity contribution in [2.24, 2.45) is 0 Å². The number of hydrogen-bond donors (Lipinski definition) is 0. The molecule has 0 aromatic heterocycles. The summed E-state index contributed by atoms with van der Waals surface area (Å²) in [6.45, 7) is 3.88. The van der Waals surface area contributed by atoms with Gasteiger partial charge in [-0.25, -0.2) is 4.39 Å². The van der Waals surface area contributed by atoms with Crippen LogP contribution in [0, 0.1) is 12.7 Å². The molecule has 3 heteroatoms. The van der Waals surface area contributed by atoms with Crippen molar-refractivity contribution in [2.75, 3.05) is 7.11 Å². The lowest BCUT2D eigenvalue weighted by Gasteiger charge is -2.12. The Labute approximate surface area is 118 Å². The van der Waals surface area contributed by atoms with Crippen LogP contribution >= 0.6 is 11.6 Å². The summed E-state index contributed by atoms with van der Waals surface area (Å²) in [7, 11) is 1.60. The van der Waals surface area contributed by atoms with Gasteiger partial charge in [-0.15, -0.1) is 0 Å². The number of hydrogen-bond acceptors (Lipinski definition) is 1. The first-order valence-electron chi connectivity index (χ1n) is 6.19. The molecule has 2 rings (SSSR count). The van der Waals surface area contributed by atoms with Crippen molar-refractivity contribution >= 4 is 11.6 Å². The molecule has 0 atom stereocenters. The van der Waals surface area contributed by atoms with Gasteiger partial charge in [0, 0.05) is 10.6 Å². The average molecular weight is 279 g/mol. The number of rotatable bonds is 3. The highest BCUT2D eigenvalue weighted by Crippen LogP contribution is 2.32. The van der Waals surface area contributed by atoms with E-state index in [9.17, 15) is 4.39 Å². The first-order chi connectivity index (χ1) is 9.06. The maximum absolute atomic E-state index is 14.2. The predicted octanol–water partition coefficient (Wildman–Crippen LogP) is 5.03. The van der Waals surface area contributed by atoms with Gasteiger partial charge in [-0.05, 0) is 54.3 Å². The van der Waals surface area contributed by atoms with E-state index in [4.69, 9.17) is 16.3 Å². The molecule has 2 aromatic rings. The number of methoxy groups -OCH3 is 1. The molecule has 0 saturated carbocycles. The van der Waals surface area contributed by atoms with Gasteiger partial charge in [0.15, 0.2) is 0 Å². The molecule has 0 N–H and O–H groups in total. The van der Waals surface area contributed by atoms with Gasteiger partial charge in [-0.1, -0.05) is 24.6 Å². The zero-order chi connectivity index (χ0) is 14.0. The monoisotopic (exact) mass is 278 g/mol. The predicted molar refractivity (Wildman–Crippen MR) is 77.5 cm³/mol. The summed E-state index contributed by atoms with van der Waals surface area (Å²) >= 11 is 6.00. The topological polar surface area (TPSA) is 9.23 Å². The highest BCUT2D eigenvalue weighted by atomic mass is 35.5. The number of halogens is 2. The highest BCUT2D eigenvalue weighted by molar-refractivity contribution is 6.31. The molecule has 100 valence electrons. The van der Waals surface area contributed by atoms with Gasteiger partial charge < -0.3 is 4.74 Å². The first-order valence-corrected chi connectivity index (χ1v) is 6.57. The van der Waals surface area contributed by atoms with E-state index >= 15 is 0 Å². The molecule has 0 aliphatic rings. The van der Waals surface area contributed by atoms with E-state index < -0.39 is 0 Å². The molecule has 0 saturated heterocycles. The van der Waals surface area contributed by atoms with Gasteiger partial charge in [0.05, 0.1) is 7.11 Å². The van der Waals surface area contributed by atoms with Crippen LogP contribution in [0.2, 0.25) is 5.02 Å². The summed E-state index contributed by atoms with van der Waals surface area (Å²) in [5.41, 5.74) is 3.14. The Hall–Kier alpha value is -1.54. The second-order valence-corrected chi connectivity index (χ2v) is 4.87. The van der Waals surface area contributed by atoms with Gasteiger partial charge in [-0.3, -0.25) is 0 Å². The third-order valence-electron chi connectivity index (χ3n) is 3.22. The minimum absolute atomic E-state index is 0.237. The van der Waals surface area contributed by atoms with Crippen LogP contribution in [0.1, 0.15) is 18.1 Å². The molecule has 0 aliphatic carbocycles. The van der Waals surface area contributed by atoms with Crippen molar-refractivity contribution in [1.82, 2.24) is 0 Å². The maximum Gasteiger partial charge on any atom is 0.131 e. The Kier molecular flexibility index (Phi) is 4.11. The Balaban J connectivity index is 2.58. The summed E-state index contributed by atoms with van der Waals surface area (Å²) in [5, 5.41) is 0.682. The van der Waals surface area contributed by atoms with Crippen LogP contribution in [0.15, 0.2) is 30.3 Å². The highest BCUT2D eigenvalue weighted by Gasteiger charge is 2.11. The lowest BCUT2D eigenvalue weighted by Crippen LogP contribution is -1.95. The van der Waals surface area contributed by atoms with Crippen molar-refractivity contribution < 1.29 is 9.13 Å². The maximum atomic E-state index is 14.2. The Morgan fingerprint density at radius 2 is 1.95 bits per heavy atom. The molecule has 0 radical (unpaired) electrons. The van der Waals surface area contributed by atoms with Gasteiger partial charge in [0.1, 0.15) is 11.6 Å². The smallest absolute Gasteiger partial charge is 0.131 e. The molecule has 1 nitrogen and oxygen atoms in total. The van der Waals surface area contributed by atoms with Crippen LogP contribution in [0.4, 0.5) is 4.39 Å². The molecule has 0 bridgehead atoms. The summed E-state index contributed by atoms with van der Waals surface area (Å²) < 4.78 is 19.5. The van der Waals surface area contributed by atoms with Crippen molar-refractivity contribution in [3.63, 3.8) is 0 Å². The summed E-state index contributed by atoms with van der Waals surface area (Å²) in [6, 6.07) is 8.77. The molecule has 2 aromatic carbocycles. The fraction of sp³-hybridized carbons (Fsp3) is 0.250. The second-order valence-electron chi connectivity index (χ2n) is 4.46. The third-order valence-corrected chi connectivity index (χ3v) is 3.64. The molecule has 0 fully saturated rings. The third kappa shape index (κ3) is 2.74. The molecule has 0 amide bonds. The van der Waals surface area contributed by atoms with Crippen LogP contribution in [-0.2, 0) is 6.42 Å². The van der Waals surface area contributed by atoms with Crippen molar-refractivity contribution in [3.8, 4) is 16.9 Å². The van der Waals surface area contributed by atoms with E-state index in [-0.39, 0.29) is 5.82 Å². The largest absolute Gasteiger partial charge is 0.496 e. The van der Waals surface area contributed by atoms with E-state index in [1.165, 1.54) is 6.07 Å². The standard InChI is InChI=1S/C16H16ClFO/c1-4-11-8-15(18)13(9-16(11)19-3)12-5-6-14(17)10(2)7-12/h5-9H,4H2,1-3H3. The lowest BCUT2D eigenvalue weighted by molar-refractivity contribution is 0.409. The molecule has 0 aliphatic heterocycles. The first kappa shape index (κ1) is 13.9. The van der Waals surface area contributed by atoms with E-state index in [0.29, 0.717) is 16.3 Å². The normalized spacial score (nSPS) is 10.6. The zero-order valence-electron chi connectivity index (χ0n) is 11.3. The molecule has 0 unspecified atom stereocenters. The Morgan fingerprint density at radius 1 is 1.21 bits per heavy atom. The van der Waals surface area contributed by atoms with Gasteiger partial charge in [-0.2, -0.15) is 0 Å². The van der Waals surface area contributed by atoms with Crippen LogP contribution in [-0.4, -0.2) is 7.11 Å². The quantitative estimate of drug-likeness (QED) is 0.765. The molecular weight excluding hydrogens is 263 g/mol. The number of aryl methyl sites for hydroxylation is 2. The van der Waals surface area contributed by atoms with Crippen molar-refractivity contribution in [2.45, 2.75) is 20.3 Å². The molecule has 19 heavy (non-hydrogen) atoms. The minimum Gasteiger partial charge on any atom is -0.496 e. The van der Waals surface area contributed by atoms with Crippen LogP contribution in [0.25, 0.3) is 11.1 Å². The molecule has 0 spiro atoms. The summed E-state index contributed by atoms with van der Waals surface area (Å²) in [4.78, 5) is 0. The van der Waals surface area contributed by atoms with E-state index in [2.05, 4.69) is 0 Å². The van der Waals surface area contributed by atoms with Gasteiger partial charge in [0.2, 0.25) is 0 Å². The second kappa shape index (κ2) is 5.62.